The van der Waals surface area contributed by atoms with E-state index in [2.05, 4.69) is 15.4 Å². The number of rotatable bonds is 2. The highest BCUT2D eigenvalue weighted by Crippen LogP contribution is 2.26. The molecular weight excluding hydrogens is 218 g/mol. The summed E-state index contributed by atoms with van der Waals surface area (Å²) >= 11 is 0. The van der Waals surface area contributed by atoms with E-state index in [1.165, 1.54) is 12.7 Å². The third kappa shape index (κ3) is 2.04. The minimum atomic E-state index is 0.161. The van der Waals surface area contributed by atoms with Crippen molar-refractivity contribution < 1.29 is 4.79 Å². The summed E-state index contributed by atoms with van der Waals surface area (Å²) in [5, 5.41) is 7.36. The molecule has 0 saturated carbocycles. The van der Waals surface area contributed by atoms with Crippen molar-refractivity contribution in [1.82, 2.24) is 25.0 Å². The Hall–Kier alpha value is -1.43. The summed E-state index contributed by atoms with van der Waals surface area (Å²) in [5.41, 5.74) is 0. The van der Waals surface area contributed by atoms with Gasteiger partial charge in [0.2, 0.25) is 5.91 Å². The first-order valence-electron chi connectivity index (χ1n) is 6.17. The van der Waals surface area contributed by atoms with Gasteiger partial charge in [-0.15, -0.1) is 0 Å². The zero-order chi connectivity index (χ0) is 11.7. The maximum absolute atomic E-state index is 12.2. The fourth-order valence-corrected chi connectivity index (χ4v) is 2.92. The highest BCUT2D eigenvalue weighted by atomic mass is 16.2. The quantitative estimate of drug-likeness (QED) is 0.750. The van der Waals surface area contributed by atoms with E-state index < -0.39 is 0 Å². The van der Waals surface area contributed by atoms with Gasteiger partial charge >= 0.3 is 0 Å². The second-order valence-corrected chi connectivity index (χ2v) is 4.81. The largest absolute Gasteiger partial charge is 0.337 e. The summed E-state index contributed by atoms with van der Waals surface area (Å²) in [6.07, 6.45) is 5.41. The first-order chi connectivity index (χ1) is 8.34. The number of aromatic nitrogens is 3. The van der Waals surface area contributed by atoms with Gasteiger partial charge < -0.3 is 10.2 Å². The molecule has 1 amide bonds. The molecule has 0 aromatic carbocycles. The molecule has 6 nitrogen and oxygen atoms in total. The molecule has 6 heteroatoms. The van der Waals surface area contributed by atoms with Crippen molar-refractivity contribution in [3.05, 3.63) is 12.7 Å². The average molecular weight is 235 g/mol. The van der Waals surface area contributed by atoms with Gasteiger partial charge in [-0.3, -0.25) is 4.79 Å². The topological polar surface area (TPSA) is 63.1 Å². The smallest absolute Gasteiger partial charge is 0.244 e. The molecule has 0 aliphatic carbocycles. The maximum atomic E-state index is 12.2. The SMILES string of the molecule is O=C(Cn1cncn1)N1CCCC2CNCC21. The molecule has 2 fully saturated rings. The Balaban J connectivity index is 1.68. The van der Waals surface area contributed by atoms with Gasteiger partial charge in [0.15, 0.2) is 0 Å². The van der Waals surface area contributed by atoms with E-state index in [1.807, 2.05) is 4.90 Å². The van der Waals surface area contributed by atoms with Crippen LogP contribution in [0.25, 0.3) is 0 Å². The predicted molar refractivity (Wildman–Crippen MR) is 61.1 cm³/mol. The zero-order valence-electron chi connectivity index (χ0n) is 9.75. The predicted octanol–water partition coefficient (Wildman–Crippen LogP) is -0.511. The maximum Gasteiger partial charge on any atom is 0.244 e. The highest BCUT2D eigenvalue weighted by Gasteiger charge is 2.37. The Bertz CT molecular complexity index is 391. The third-order valence-corrected chi connectivity index (χ3v) is 3.76. The molecule has 3 rings (SSSR count). The second-order valence-electron chi connectivity index (χ2n) is 4.81. The molecule has 2 aliphatic heterocycles. The van der Waals surface area contributed by atoms with E-state index in [0.29, 0.717) is 18.5 Å². The van der Waals surface area contributed by atoms with Crippen LogP contribution in [0.1, 0.15) is 12.8 Å². The monoisotopic (exact) mass is 235 g/mol. The zero-order valence-corrected chi connectivity index (χ0v) is 9.75. The van der Waals surface area contributed by atoms with Crippen LogP contribution < -0.4 is 5.32 Å². The Morgan fingerprint density at radius 3 is 3.24 bits per heavy atom. The lowest BCUT2D eigenvalue weighted by Gasteiger charge is -2.37. The molecule has 2 atom stereocenters. The molecule has 2 aliphatic rings. The standard InChI is InChI=1S/C11H17N5O/c17-11(6-15-8-13-7-14-15)16-3-1-2-9-4-12-5-10(9)16/h7-10,12H,1-6H2. The average Bonchev–Trinajstić information content (AvgIpc) is 2.97. The number of fused-ring (bicyclic) bond motifs is 1. The Morgan fingerprint density at radius 1 is 1.47 bits per heavy atom. The summed E-state index contributed by atoms with van der Waals surface area (Å²) in [7, 11) is 0. The third-order valence-electron chi connectivity index (χ3n) is 3.76. The Kier molecular flexibility index (Phi) is 2.80. The van der Waals surface area contributed by atoms with Crippen LogP contribution in [0, 0.1) is 5.92 Å². The van der Waals surface area contributed by atoms with E-state index in [-0.39, 0.29) is 5.91 Å². The Morgan fingerprint density at radius 2 is 2.41 bits per heavy atom. The molecule has 1 aromatic heterocycles. The van der Waals surface area contributed by atoms with Crippen molar-refractivity contribution in [1.29, 1.82) is 0 Å². The fraction of sp³-hybridized carbons (Fsp3) is 0.727. The highest BCUT2D eigenvalue weighted by molar-refractivity contribution is 5.76. The van der Waals surface area contributed by atoms with Gasteiger partial charge in [0.25, 0.3) is 0 Å². The van der Waals surface area contributed by atoms with Crippen molar-refractivity contribution >= 4 is 5.91 Å². The number of piperidine rings is 1. The number of likely N-dealkylation sites (tertiary alicyclic amines) is 1. The van der Waals surface area contributed by atoms with Crippen LogP contribution in [-0.2, 0) is 11.3 Å². The molecule has 92 valence electrons. The molecule has 0 radical (unpaired) electrons. The number of carbonyl (C=O) groups excluding carboxylic acids is 1. The second kappa shape index (κ2) is 4.44. The summed E-state index contributed by atoms with van der Waals surface area (Å²) in [6, 6.07) is 0.389. The number of nitrogens with one attached hydrogen (secondary N) is 1. The van der Waals surface area contributed by atoms with Crippen molar-refractivity contribution in [2.75, 3.05) is 19.6 Å². The van der Waals surface area contributed by atoms with Gasteiger partial charge in [0, 0.05) is 25.7 Å². The lowest BCUT2D eigenvalue weighted by Crippen LogP contribution is -2.49. The van der Waals surface area contributed by atoms with Crippen LogP contribution in [-0.4, -0.2) is 51.2 Å². The number of amides is 1. The van der Waals surface area contributed by atoms with Crippen molar-refractivity contribution in [2.45, 2.75) is 25.4 Å². The summed E-state index contributed by atoms with van der Waals surface area (Å²) in [4.78, 5) is 18.1. The van der Waals surface area contributed by atoms with Gasteiger partial charge in [-0.25, -0.2) is 9.67 Å². The van der Waals surface area contributed by atoms with Crippen LogP contribution in [0.2, 0.25) is 0 Å². The minimum absolute atomic E-state index is 0.161. The van der Waals surface area contributed by atoms with Gasteiger partial charge in [-0.05, 0) is 18.8 Å². The summed E-state index contributed by atoms with van der Waals surface area (Å²) in [5.74, 6) is 0.803. The van der Waals surface area contributed by atoms with E-state index in [4.69, 9.17) is 0 Å². The molecule has 0 bridgehead atoms. The van der Waals surface area contributed by atoms with E-state index >= 15 is 0 Å². The van der Waals surface area contributed by atoms with E-state index in [0.717, 1.165) is 26.1 Å². The fourth-order valence-electron chi connectivity index (χ4n) is 2.92. The van der Waals surface area contributed by atoms with Gasteiger partial charge in [-0.2, -0.15) is 5.10 Å². The first-order valence-corrected chi connectivity index (χ1v) is 6.17. The van der Waals surface area contributed by atoms with Crippen LogP contribution >= 0.6 is 0 Å². The number of carbonyl (C=O) groups is 1. The van der Waals surface area contributed by atoms with Gasteiger partial charge in [0.05, 0.1) is 0 Å². The van der Waals surface area contributed by atoms with Gasteiger partial charge in [-0.1, -0.05) is 0 Å². The van der Waals surface area contributed by atoms with Crippen LogP contribution in [0.3, 0.4) is 0 Å². The van der Waals surface area contributed by atoms with Crippen LogP contribution in [0.15, 0.2) is 12.7 Å². The number of nitrogens with zero attached hydrogens (tertiary/aromatic N) is 4. The van der Waals surface area contributed by atoms with Crippen molar-refractivity contribution in [3.63, 3.8) is 0 Å². The van der Waals surface area contributed by atoms with Crippen LogP contribution in [0.4, 0.5) is 0 Å². The molecule has 2 unspecified atom stereocenters. The molecule has 1 aromatic rings. The van der Waals surface area contributed by atoms with Crippen LogP contribution in [0.5, 0.6) is 0 Å². The first kappa shape index (κ1) is 10.7. The molecule has 2 saturated heterocycles. The number of hydrogen-bond acceptors (Lipinski definition) is 4. The van der Waals surface area contributed by atoms with E-state index in [1.54, 1.807) is 11.0 Å². The van der Waals surface area contributed by atoms with Gasteiger partial charge in [0.1, 0.15) is 19.2 Å². The molecule has 17 heavy (non-hydrogen) atoms. The molecule has 3 heterocycles. The summed E-state index contributed by atoms with van der Waals surface area (Å²) < 4.78 is 1.59. The lowest BCUT2D eigenvalue weighted by molar-refractivity contribution is -0.136. The molecule has 0 spiro atoms. The summed E-state index contributed by atoms with van der Waals surface area (Å²) in [6.45, 7) is 3.19. The van der Waals surface area contributed by atoms with Crippen molar-refractivity contribution in [3.8, 4) is 0 Å². The Labute approximate surface area is 100 Å². The number of hydrogen-bond donors (Lipinski definition) is 1. The lowest BCUT2D eigenvalue weighted by atomic mass is 9.92. The molecular formula is C11H17N5O. The molecule has 1 N–H and O–H groups in total. The van der Waals surface area contributed by atoms with E-state index in [9.17, 15) is 4.79 Å². The minimum Gasteiger partial charge on any atom is -0.337 e. The van der Waals surface area contributed by atoms with Crippen molar-refractivity contribution in [2.24, 2.45) is 5.92 Å². The normalized spacial score (nSPS) is 28.1.